The summed E-state index contributed by atoms with van der Waals surface area (Å²) in [4.78, 5) is 23.1. The Morgan fingerprint density at radius 3 is 2.22 bits per heavy atom. The first-order valence-electron chi connectivity index (χ1n) is 6.58. The minimum Gasteiger partial charge on any atom is -0.326 e. The highest BCUT2D eigenvalue weighted by atomic mass is 16.2. The van der Waals surface area contributed by atoms with Gasteiger partial charge in [-0.2, -0.15) is 0 Å². The zero-order valence-corrected chi connectivity index (χ0v) is 10.7. The lowest BCUT2D eigenvalue weighted by Crippen LogP contribution is -2.24. The van der Waals surface area contributed by atoms with Gasteiger partial charge in [0.05, 0.1) is 0 Å². The monoisotopic (exact) mass is 245 g/mol. The molecule has 1 aromatic rings. The standard InChI is InChI=1S/C15H19NO2/c1-11(17)12-7-9-14(10-8-12)16-15(18)13-5-3-2-4-6-13/h7-10,13H,2-6H2,1H3,(H,16,18). The van der Waals surface area contributed by atoms with Crippen LogP contribution in [0.1, 0.15) is 49.4 Å². The molecule has 1 aliphatic rings. The van der Waals surface area contributed by atoms with Crippen LogP contribution in [0.4, 0.5) is 5.69 Å². The Kier molecular flexibility index (Phi) is 4.13. The molecule has 1 N–H and O–H groups in total. The van der Waals surface area contributed by atoms with Gasteiger partial charge in [0.2, 0.25) is 5.91 Å². The average molecular weight is 245 g/mol. The lowest BCUT2D eigenvalue weighted by atomic mass is 9.88. The fourth-order valence-electron chi connectivity index (χ4n) is 2.40. The maximum atomic E-state index is 12.0. The minimum atomic E-state index is 0.0418. The lowest BCUT2D eigenvalue weighted by molar-refractivity contribution is -0.120. The Bertz CT molecular complexity index is 430. The number of ketones is 1. The molecule has 1 amide bonds. The maximum absolute atomic E-state index is 12.0. The van der Waals surface area contributed by atoms with E-state index in [0.29, 0.717) is 5.56 Å². The van der Waals surface area contributed by atoms with E-state index in [9.17, 15) is 9.59 Å². The van der Waals surface area contributed by atoms with Crippen molar-refractivity contribution in [1.82, 2.24) is 0 Å². The highest BCUT2D eigenvalue weighted by molar-refractivity contribution is 5.96. The Morgan fingerprint density at radius 2 is 1.67 bits per heavy atom. The molecule has 96 valence electrons. The van der Waals surface area contributed by atoms with E-state index < -0.39 is 0 Å². The molecule has 0 saturated heterocycles. The van der Waals surface area contributed by atoms with Gasteiger partial charge in [0.15, 0.2) is 5.78 Å². The molecule has 1 aromatic carbocycles. The molecule has 2 rings (SSSR count). The number of amides is 1. The molecule has 0 aromatic heterocycles. The summed E-state index contributed by atoms with van der Waals surface area (Å²) in [5, 5.41) is 2.93. The van der Waals surface area contributed by atoms with Crippen LogP contribution in [0.3, 0.4) is 0 Å². The van der Waals surface area contributed by atoms with Crippen LogP contribution in [0.15, 0.2) is 24.3 Å². The Morgan fingerprint density at radius 1 is 1.06 bits per heavy atom. The number of hydrogen-bond acceptors (Lipinski definition) is 2. The van der Waals surface area contributed by atoms with Crippen molar-refractivity contribution < 1.29 is 9.59 Å². The van der Waals surface area contributed by atoms with E-state index in [0.717, 1.165) is 31.4 Å². The maximum Gasteiger partial charge on any atom is 0.227 e. The van der Waals surface area contributed by atoms with Gasteiger partial charge >= 0.3 is 0 Å². The molecular formula is C15H19NO2. The normalized spacial score (nSPS) is 16.3. The zero-order valence-electron chi connectivity index (χ0n) is 10.7. The molecule has 3 heteroatoms. The third kappa shape index (κ3) is 3.19. The lowest BCUT2D eigenvalue weighted by Gasteiger charge is -2.20. The predicted octanol–water partition coefficient (Wildman–Crippen LogP) is 3.41. The van der Waals surface area contributed by atoms with Crippen molar-refractivity contribution in [2.75, 3.05) is 5.32 Å². The highest BCUT2D eigenvalue weighted by Crippen LogP contribution is 2.25. The van der Waals surface area contributed by atoms with Crippen LogP contribution >= 0.6 is 0 Å². The molecule has 18 heavy (non-hydrogen) atoms. The molecule has 0 spiro atoms. The van der Waals surface area contributed by atoms with Crippen LogP contribution in [-0.4, -0.2) is 11.7 Å². The van der Waals surface area contributed by atoms with Crippen LogP contribution in [0.5, 0.6) is 0 Å². The molecule has 0 aliphatic heterocycles. The van der Waals surface area contributed by atoms with Gasteiger partial charge in [-0.1, -0.05) is 19.3 Å². The van der Waals surface area contributed by atoms with Crippen molar-refractivity contribution in [2.24, 2.45) is 5.92 Å². The number of carbonyl (C=O) groups is 2. The SMILES string of the molecule is CC(=O)c1ccc(NC(=O)C2CCCCC2)cc1. The van der Waals surface area contributed by atoms with Crippen LogP contribution in [0.25, 0.3) is 0 Å². The predicted molar refractivity (Wildman–Crippen MR) is 71.7 cm³/mol. The van der Waals surface area contributed by atoms with Crippen LogP contribution in [0.2, 0.25) is 0 Å². The Labute approximate surface area is 108 Å². The molecule has 0 atom stereocenters. The smallest absolute Gasteiger partial charge is 0.227 e. The Balaban J connectivity index is 1.96. The van der Waals surface area contributed by atoms with Crippen molar-refractivity contribution in [3.8, 4) is 0 Å². The van der Waals surface area contributed by atoms with Crippen molar-refractivity contribution in [1.29, 1.82) is 0 Å². The second-order valence-corrected chi connectivity index (χ2v) is 4.96. The number of rotatable bonds is 3. The first-order valence-corrected chi connectivity index (χ1v) is 6.58. The largest absolute Gasteiger partial charge is 0.326 e. The molecular weight excluding hydrogens is 226 g/mol. The van der Waals surface area contributed by atoms with E-state index in [-0.39, 0.29) is 17.6 Å². The highest BCUT2D eigenvalue weighted by Gasteiger charge is 2.20. The van der Waals surface area contributed by atoms with E-state index in [1.165, 1.54) is 13.3 Å². The second-order valence-electron chi connectivity index (χ2n) is 4.96. The van der Waals surface area contributed by atoms with E-state index >= 15 is 0 Å². The summed E-state index contributed by atoms with van der Waals surface area (Å²) in [5.74, 6) is 0.316. The van der Waals surface area contributed by atoms with Crippen molar-refractivity contribution in [3.05, 3.63) is 29.8 Å². The third-order valence-corrected chi connectivity index (χ3v) is 3.53. The van der Waals surface area contributed by atoms with Gasteiger partial charge < -0.3 is 5.32 Å². The molecule has 3 nitrogen and oxygen atoms in total. The summed E-state index contributed by atoms with van der Waals surface area (Å²) in [6.07, 6.45) is 5.55. The van der Waals surface area contributed by atoms with Crippen molar-refractivity contribution in [2.45, 2.75) is 39.0 Å². The zero-order chi connectivity index (χ0) is 13.0. The van der Waals surface area contributed by atoms with Gasteiger partial charge in [-0.3, -0.25) is 9.59 Å². The third-order valence-electron chi connectivity index (χ3n) is 3.53. The summed E-state index contributed by atoms with van der Waals surface area (Å²) < 4.78 is 0. The molecule has 1 saturated carbocycles. The molecule has 0 heterocycles. The van der Waals surface area contributed by atoms with E-state index in [4.69, 9.17) is 0 Å². The summed E-state index contributed by atoms with van der Waals surface area (Å²) in [6.45, 7) is 1.54. The summed E-state index contributed by atoms with van der Waals surface area (Å²) in [7, 11) is 0. The van der Waals surface area contributed by atoms with Crippen molar-refractivity contribution in [3.63, 3.8) is 0 Å². The van der Waals surface area contributed by atoms with Gasteiger partial charge in [-0.15, -0.1) is 0 Å². The number of nitrogens with one attached hydrogen (secondary N) is 1. The van der Waals surface area contributed by atoms with E-state index in [1.54, 1.807) is 24.3 Å². The van der Waals surface area contributed by atoms with Gasteiger partial charge in [-0.25, -0.2) is 0 Å². The summed E-state index contributed by atoms with van der Waals surface area (Å²) in [5.41, 5.74) is 1.45. The number of benzene rings is 1. The van der Waals surface area contributed by atoms with Crippen LogP contribution in [-0.2, 0) is 4.79 Å². The van der Waals surface area contributed by atoms with Gasteiger partial charge in [0, 0.05) is 17.2 Å². The number of anilines is 1. The van der Waals surface area contributed by atoms with E-state index in [1.807, 2.05) is 0 Å². The first-order chi connectivity index (χ1) is 8.66. The van der Waals surface area contributed by atoms with Gasteiger partial charge in [-0.05, 0) is 44.0 Å². The summed E-state index contributed by atoms with van der Waals surface area (Å²) >= 11 is 0. The molecule has 1 aliphatic carbocycles. The second kappa shape index (κ2) is 5.80. The van der Waals surface area contributed by atoms with Gasteiger partial charge in [0.1, 0.15) is 0 Å². The number of carbonyl (C=O) groups excluding carboxylic acids is 2. The van der Waals surface area contributed by atoms with Crippen LogP contribution in [0, 0.1) is 5.92 Å². The Hall–Kier alpha value is -1.64. The molecule has 0 radical (unpaired) electrons. The average Bonchev–Trinajstić information content (AvgIpc) is 2.40. The fourth-order valence-corrected chi connectivity index (χ4v) is 2.40. The number of Topliss-reactive ketones (excluding diaryl/α,β-unsaturated/α-hetero) is 1. The fraction of sp³-hybridized carbons (Fsp3) is 0.467. The van der Waals surface area contributed by atoms with Gasteiger partial charge in [0.25, 0.3) is 0 Å². The molecule has 1 fully saturated rings. The number of hydrogen-bond donors (Lipinski definition) is 1. The minimum absolute atomic E-state index is 0.0418. The molecule has 0 unspecified atom stereocenters. The summed E-state index contributed by atoms with van der Waals surface area (Å²) in [6, 6.07) is 7.08. The van der Waals surface area contributed by atoms with E-state index in [2.05, 4.69) is 5.32 Å². The topological polar surface area (TPSA) is 46.2 Å². The van der Waals surface area contributed by atoms with Crippen LogP contribution < -0.4 is 5.32 Å². The first kappa shape index (κ1) is 12.8. The molecule has 0 bridgehead atoms. The quantitative estimate of drug-likeness (QED) is 0.829. The van der Waals surface area contributed by atoms with Crippen molar-refractivity contribution >= 4 is 17.4 Å².